The molecule has 0 heterocycles. The number of hydrogen-bond acceptors (Lipinski definition) is 0. The summed E-state index contributed by atoms with van der Waals surface area (Å²) in [5, 5.41) is 0. The molecule has 0 aromatic carbocycles. The summed E-state index contributed by atoms with van der Waals surface area (Å²) in [4.78, 5) is -1.28. The fraction of sp³-hybridized carbons (Fsp3) is 1.00. The van der Waals surface area contributed by atoms with E-state index in [4.69, 9.17) is 0 Å². The van der Waals surface area contributed by atoms with Gasteiger partial charge in [-0.15, -0.1) is 0 Å². The van der Waals surface area contributed by atoms with E-state index in [2.05, 4.69) is 15.9 Å². The van der Waals surface area contributed by atoms with Gasteiger partial charge in [-0.2, -0.15) is 39.5 Å². The van der Waals surface area contributed by atoms with E-state index >= 15 is 0 Å². The highest BCUT2D eigenvalue weighted by atomic mass is 79.9. The van der Waals surface area contributed by atoms with Gasteiger partial charge in [0.05, 0.1) is 0 Å². The van der Waals surface area contributed by atoms with Crippen LogP contribution in [0.15, 0.2) is 0 Å². The summed E-state index contributed by atoms with van der Waals surface area (Å²) >= 11 is 2.67. The molecule has 0 aliphatic heterocycles. The molecule has 0 N–H and O–H groups in total. The van der Waals surface area contributed by atoms with Gasteiger partial charge in [0.25, 0.3) is 0 Å². The van der Waals surface area contributed by atoms with Crippen LogP contribution in [0.2, 0.25) is 0 Å². The normalized spacial score (nSPS) is 15.6. The van der Waals surface area contributed by atoms with Crippen LogP contribution in [0.1, 0.15) is 58.3 Å². The van der Waals surface area contributed by atoms with Crippen molar-refractivity contribution in [1.29, 1.82) is 0 Å². The lowest BCUT2D eigenvalue weighted by Crippen LogP contribution is -2.61. The van der Waals surface area contributed by atoms with Gasteiger partial charge in [-0.05, 0) is 6.42 Å². The van der Waals surface area contributed by atoms with Crippen molar-refractivity contribution in [1.82, 2.24) is 0 Å². The lowest BCUT2D eigenvalue weighted by atomic mass is 9.97. The number of rotatable bonds is 11. The van der Waals surface area contributed by atoms with Crippen LogP contribution in [0.3, 0.4) is 0 Å². The number of unbranched alkanes of at least 4 members (excludes halogenated alkanes) is 5. The zero-order valence-corrected chi connectivity index (χ0v) is 14.6. The highest BCUT2D eigenvalue weighted by Gasteiger charge is 2.81. The van der Waals surface area contributed by atoms with Crippen LogP contribution in [-0.4, -0.2) is 28.8 Å². The summed E-state index contributed by atoms with van der Waals surface area (Å²) in [7, 11) is 0. The minimum absolute atomic E-state index is 0.0185. The van der Waals surface area contributed by atoms with Crippen LogP contribution in [0.4, 0.5) is 39.5 Å². The van der Waals surface area contributed by atoms with Gasteiger partial charge >= 0.3 is 23.9 Å². The van der Waals surface area contributed by atoms with E-state index in [1.807, 2.05) is 6.92 Å². The minimum atomic E-state index is -6.81. The van der Waals surface area contributed by atoms with Crippen molar-refractivity contribution in [3.8, 4) is 0 Å². The summed E-state index contributed by atoms with van der Waals surface area (Å²) in [6, 6.07) is 0. The zero-order valence-electron chi connectivity index (χ0n) is 13.0. The first-order valence-electron chi connectivity index (χ1n) is 7.55. The standard InChI is InChI=1S/C14H20BrF9/c1-2-3-4-5-6-7-8-10(15)9-11(16,17)12(18,19)13(20,21)14(22,23)24/h10H,2-9H2,1H3. The first-order valence-corrected chi connectivity index (χ1v) is 8.46. The van der Waals surface area contributed by atoms with E-state index in [-0.39, 0.29) is 6.42 Å². The molecule has 0 amide bonds. The fourth-order valence-electron chi connectivity index (χ4n) is 2.06. The molecule has 0 radical (unpaired) electrons. The number of alkyl halides is 10. The third-order valence-corrected chi connectivity index (χ3v) is 4.34. The molecule has 0 aliphatic rings. The van der Waals surface area contributed by atoms with E-state index in [9.17, 15) is 39.5 Å². The Morgan fingerprint density at radius 1 is 0.708 bits per heavy atom. The Hall–Kier alpha value is -0.150. The largest absolute Gasteiger partial charge is 0.460 e. The van der Waals surface area contributed by atoms with Gasteiger partial charge in [0, 0.05) is 11.2 Å². The molecule has 0 rings (SSSR count). The summed E-state index contributed by atoms with van der Waals surface area (Å²) in [5.41, 5.74) is 0. The van der Waals surface area contributed by atoms with Crippen LogP contribution in [0, 0.1) is 0 Å². The number of halogens is 10. The maximum Gasteiger partial charge on any atom is 0.460 e. The molecule has 0 nitrogen and oxygen atoms in total. The molecule has 10 heteroatoms. The van der Waals surface area contributed by atoms with Crippen LogP contribution in [0.5, 0.6) is 0 Å². The summed E-state index contributed by atoms with van der Waals surface area (Å²) in [5.74, 6) is -18.8. The maximum atomic E-state index is 13.4. The van der Waals surface area contributed by atoms with Crippen molar-refractivity contribution in [3.63, 3.8) is 0 Å². The third kappa shape index (κ3) is 5.98. The second-order valence-corrected chi connectivity index (χ2v) is 7.00. The summed E-state index contributed by atoms with van der Waals surface area (Å²) in [6.45, 7) is 1.99. The van der Waals surface area contributed by atoms with E-state index in [1.54, 1.807) is 0 Å². The predicted octanol–water partition coefficient (Wildman–Crippen LogP) is 7.36. The Morgan fingerprint density at radius 2 is 1.17 bits per heavy atom. The Morgan fingerprint density at radius 3 is 1.62 bits per heavy atom. The van der Waals surface area contributed by atoms with Gasteiger partial charge < -0.3 is 0 Å². The third-order valence-electron chi connectivity index (χ3n) is 3.56. The lowest BCUT2D eigenvalue weighted by Gasteiger charge is -2.34. The van der Waals surface area contributed by atoms with E-state index < -0.39 is 35.2 Å². The second-order valence-electron chi connectivity index (χ2n) is 5.71. The second kappa shape index (κ2) is 8.98. The highest BCUT2D eigenvalue weighted by Crippen LogP contribution is 2.54. The molecular weight excluding hydrogens is 419 g/mol. The summed E-state index contributed by atoms with van der Waals surface area (Å²) < 4.78 is 114. The van der Waals surface area contributed by atoms with Gasteiger partial charge in [0.15, 0.2) is 0 Å². The Kier molecular flexibility index (Phi) is 8.93. The molecule has 0 saturated heterocycles. The fourth-order valence-corrected chi connectivity index (χ4v) is 2.79. The van der Waals surface area contributed by atoms with Gasteiger partial charge in [-0.25, -0.2) is 0 Å². The average Bonchev–Trinajstić information content (AvgIpc) is 2.40. The molecule has 0 spiro atoms. The van der Waals surface area contributed by atoms with Gasteiger partial charge in [0.1, 0.15) is 0 Å². The molecule has 1 atom stereocenters. The zero-order chi connectivity index (χ0) is 19.2. The SMILES string of the molecule is CCCCCCCCC(Br)CC(F)(F)C(F)(F)C(F)(F)C(F)(F)F. The molecule has 0 aliphatic carbocycles. The first kappa shape index (κ1) is 23.9. The van der Waals surface area contributed by atoms with E-state index in [0.717, 1.165) is 25.7 Å². The van der Waals surface area contributed by atoms with Gasteiger partial charge in [-0.3, -0.25) is 0 Å². The van der Waals surface area contributed by atoms with Crippen molar-refractivity contribution in [2.45, 2.75) is 87.1 Å². The van der Waals surface area contributed by atoms with Crippen LogP contribution >= 0.6 is 15.9 Å². The Bertz CT molecular complexity index is 366. The minimum Gasteiger partial charge on any atom is -0.200 e. The molecule has 0 fully saturated rings. The molecule has 0 bridgehead atoms. The summed E-state index contributed by atoms with van der Waals surface area (Å²) in [6.07, 6.45) is -3.83. The first-order chi connectivity index (χ1) is 10.7. The smallest absolute Gasteiger partial charge is 0.200 e. The van der Waals surface area contributed by atoms with Crippen LogP contribution < -0.4 is 0 Å². The molecule has 0 saturated carbocycles. The molecule has 0 aromatic rings. The van der Waals surface area contributed by atoms with Crippen molar-refractivity contribution in [3.05, 3.63) is 0 Å². The molecule has 24 heavy (non-hydrogen) atoms. The molecule has 146 valence electrons. The molecular formula is C14H20BrF9. The van der Waals surface area contributed by atoms with Crippen molar-refractivity contribution < 1.29 is 39.5 Å². The monoisotopic (exact) mass is 438 g/mol. The van der Waals surface area contributed by atoms with E-state index in [0.29, 0.717) is 12.8 Å². The predicted molar refractivity (Wildman–Crippen MR) is 76.2 cm³/mol. The topological polar surface area (TPSA) is 0 Å². The quantitative estimate of drug-likeness (QED) is 0.179. The van der Waals surface area contributed by atoms with Crippen LogP contribution in [0.25, 0.3) is 0 Å². The number of hydrogen-bond donors (Lipinski definition) is 0. The molecule has 1 unspecified atom stereocenters. The highest BCUT2D eigenvalue weighted by molar-refractivity contribution is 9.09. The average molecular weight is 439 g/mol. The molecule has 0 aromatic heterocycles. The maximum absolute atomic E-state index is 13.4. The Labute approximate surface area is 143 Å². The van der Waals surface area contributed by atoms with Gasteiger partial charge in [-0.1, -0.05) is 61.4 Å². The van der Waals surface area contributed by atoms with E-state index in [1.165, 1.54) is 0 Å². The van der Waals surface area contributed by atoms with Crippen molar-refractivity contribution in [2.75, 3.05) is 0 Å². The van der Waals surface area contributed by atoms with Crippen molar-refractivity contribution >= 4 is 15.9 Å². The van der Waals surface area contributed by atoms with Crippen LogP contribution in [-0.2, 0) is 0 Å². The lowest BCUT2D eigenvalue weighted by molar-refractivity contribution is -0.396. The van der Waals surface area contributed by atoms with Gasteiger partial charge in [0.2, 0.25) is 0 Å². The van der Waals surface area contributed by atoms with Crippen molar-refractivity contribution in [2.24, 2.45) is 0 Å². The Balaban J connectivity index is 4.65.